The van der Waals surface area contributed by atoms with Gasteiger partial charge in [0.05, 0.1) is 13.2 Å². The van der Waals surface area contributed by atoms with Crippen LogP contribution in [0.2, 0.25) is 0 Å². The number of carbonyl (C=O) groups is 2. The van der Waals surface area contributed by atoms with Crippen molar-refractivity contribution in [1.29, 1.82) is 0 Å². The minimum Gasteiger partial charge on any atom is -0.444 e. The fraction of sp³-hybridized carbons (Fsp3) is 0.538. The molecule has 34 heavy (non-hydrogen) atoms. The molecule has 0 bridgehead atoms. The van der Waals surface area contributed by atoms with Gasteiger partial charge in [-0.15, -0.1) is 0 Å². The van der Waals surface area contributed by atoms with Crippen LogP contribution in [0, 0.1) is 6.92 Å². The fourth-order valence-electron chi connectivity index (χ4n) is 4.55. The summed E-state index contributed by atoms with van der Waals surface area (Å²) < 4.78 is 13.0. The van der Waals surface area contributed by atoms with E-state index in [0.29, 0.717) is 18.8 Å². The molecule has 2 aliphatic heterocycles. The summed E-state index contributed by atoms with van der Waals surface area (Å²) in [4.78, 5) is 29.6. The zero-order valence-electron chi connectivity index (χ0n) is 20.7. The highest BCUT2D eigenvalue weighted by Gasteiger charge is 2.29. The van der Waals surface area contributed by atoms with Gasteiger partial charge < -0.3 is 29.2 Å². The number of aryl methyl sites for hydroxylation is 1. The first-order valence-electron chi connectivity index (χ1n) is 12.1. The van der Waals surface area contributed by atoms with E-state index in [1.807, 2.05) is 56.7 Å². The first kappa shape index (κ1) is 24.1. The lowest BCUT2D eigenvalue weighted by atomic mass is 10.0. The third kappa shape index (κ3) is 5.73. The minimum absolute atomic E-state index is 0.123. The molecule has 184 valence electrons. The highest BCUT2D eigenvalue weighted by atomic mass is 16.6. The number of piperidine rings is 1. The van der Waals surface area contributed by atoms with Crippen LogP contribution < -0.4 is 10.2 Å². The molecule has 3 heterocycles. The van der Waals surface area contributed by atoms with Gasteiger partial charge in [-0.1, -0.05) is 0 Å². The van der Waals surface area contributed by atoms with Gasteiger partial charge in [0, 0.05) is 49.8 Å². The van der Waals surface area contributed by atoms with Crippen LogP contribution in [-0.4, -0.2) is 66.5 Å². The van der Waals surface area contributed by atoms with E-state index in [2.05, 4.69) is 22.3 Å². The molecular formula is C26H36N4O4. The third-order valence-corrected chi connectivity index (χ3v) is 6.36. The zero-order valence-corrected chi connectivity index (χ0v) is 20.7. The van der Waals surface area contributed by atoms with Crippen molar-refractivity contribution in [3.63, 3.8) is 0 Å². The maximum atomic E-state index is 13.2. The van der Waals surface area contributed by atoms with Crippen LogP contribution in [0.25, 0.3) is 0 Å². The summed E-state index contributed by atoms with van der Waals surface area (Å²) in [5.74, 6) is -0.123. The molecule has 0 saturated carbocycles. The number of rotatable bonds is 4. The Balaban J connectivity index is 1.38. The molecule has 8 heteroatoms. The number of nitrogens with zero attached hydrogens (tertiary/aromatic N) is 3. The van der Waals surface area contributed by atoms with E-state index >= 15 is 0 Å². The molecule has 0 aliphatic carbocycles. The van der Waals surface area contributed by atoms with Crippen LogP contribution in [-0.2, 0) is 9.47 Å². The fourth-order valence-corrected chi connectivity index (χ4v) is 4.55. The number of hydrogen-bond donors (Lipinski definition) is 1. The molecule has 2 fully saturated rings. The van der Waals surface area contributed by atoms with Gasteiger partial charge in [0.25, 0.3) is 5.91 Å². The number of carbonyl (C=O) groups excluding carboxylic acids is 2. The minimum atomic E-state index is -0.502. The van der Waals surface area contributed by atoms with Crippen LogP contribution in [0.3, 0.4) is 0 Å². The molecule has 4 rings (SSSR count). The zero-order chi connectivity index (χ0) is 24.3. The highest BCUT2D eigenvalue weighted by molar-refractivity contribution is 6.03. The molecule has 1 aromatic carbocycles. The first-order chi connectivity index (χ1) is 16.2. The van der Waals surface area contributed by atoms with Gasteiger partial charge in [-0.05, 0) is 76.4 Å². The average molecular weight is 469 g/mol. The largest absolute Gasteiger partial charge is 0.444 e. The average Bonchev–Trinajstić information content (AvgIpc) is 3.30. The van der Waals surface area contributed by atoms with Gasteiger partial charge in [0.2, 0.25) is 0 Å². The number of benzene rings is 1. The van der Waals surface area contributed by atoms with Crippen molar-refractivity contribution in [2.45, 2.75) is 52.2 Å². The van der Waals surface area contributed by atoms with Crippen molar-refractivity contribution in [2.24, 2.45) is 0 Å². The molecule has 2 aromatic rings. The van der Waals surface area contributed by atoms with Gasteiger partial charge in [-0.3, -0.25) is 4.79 Å². The van der Waals surface area contributed by atoms with E-state index in [1.165, 1.54) is 0 Å². The summed E-state index contributed by atoms with van der Waals surface area (Å²) in [6, 6.07) is 10.1. The smallest absolute Gasteiger partial charge is 0.410 e. The Morgan fingerprint density at radius 1 is 1.06 bits per heavy atom. The Hall–Kier alpha value is -3.00. The number of hydrogen-bond acceptors (Lipinski definition) is 5. The van der Waals surface area contributed by atoms with E-state index in [-0.39, 0.29) is 18.0 Å². The maximum Gasteiger partial charge on any atom is 0.410 e. The molecule has 1 N–H and O–H groups in total. The van der Waals surface area contributed by atoms with Gasteiger partial charge in [0.1, 0.15) is 11.3 Å². The molecule has 1 aromatic heterocycles. The van der Waals surface area contributed by atoms with E-state index in [4.69, 9.17) is 9.47 Å². The van der Waals surface area contributed by atoms with E-state index in [1.54, 1.807) is 4.90 Å². The second kappa shape index (κ2) is 10.1. The monoisotopic (exact) mass is 468 g/mol. The second-order valence-electron chi connectivity index (χ2n) is 10.1. The summed E-state index contributed by atoms with van der Waals surface area (Å²) in [7, 11) is 0. The number of ether oxygens (including phenoxy) is 2. The van der Waals surface area contributed by atoms with Crippen LogP contribution >= 0.6 is 0 Å². The first-order valence-corrected chi connectivity index (χ1v) is 12.1. The second-order valence-corrected chi connectivity index (χ2v) is 10.1. The summed E-state index contributed by atoms with van der Waals surface area (Å²) in [6.45, 7) is 12.1. The molecule has 0 atom stereocenters. The molecule has 2 aliphatic rings. The number of aromatic nitrogens is 1. The van der Waals surface area contributed by atoms with Crippen molar-refractivity contribution in [2.75, 3.05) is 49.6 Å². The summed E-state index contributed by atoms with van der Waals surface area (Å²) in [5.41, 5.74) is 3.12. The summed E-state index contributed by atoms with van der Waals surface area (Å²) in [6.07, 6.45) is 3.24. The molecule has 0 spiro atoms. The molecular weight excluding hydrogens is 432 g/mol. The van der Waals surface area contributed by atoms with E-state index in [9.17, 15) is 9.59 Å². The number of likely N-dealkylation sites (tertiary alicyclic amines) is 1. The van der Waals surface area contributed by atoms with Gasteiger partial charge in [-0.25, -0.2) is 4.79 Å². The van der Waals surface area contributed by atoms with Crippen molar-refractivity contribution >= 4 is 23.4 Å². The Morgan fingerprint density at radius 3 is 2.41 bits per heavy atom. The van der Waals surface area contributed by atoms with Crippen molar-refractivity contribution in [3.05, 3.63) is 47.8 Å². The van der Waals surface area contributed by atoms with Gasteiger partial charge in [-0.2, -0.15) is 0 Å². The Bertz CT molecular complexity index is 1010. The predicted molar refractivity (Wildman–Crippen MR) is 133 cm³/mol. The van der Waals surface area contributed by atoms with Gasteiger partial charge in [0.15, 0.2) is 0 Å². The van der Waals surface area contributed by atoms with E-state index in [0.717, 1.165) is 56.1 Å². The highest BCUT2D eigenvalue weighted by Crippen LogP contribution is 2.27. The van der Waals surface area contributed by atoms with Crippen LogP contribution in [0.5, 0.6) is 0 Å². The van der Waals surface area contributed by atoms with Crippen molar-refractivity contribution in [1.82, 2.24) is 9.47 Å². The third-order valence-electron chi connectivity index (χ3n) is 6.36. The molecule has 0 unspecified atom stereocenters. The normalized spacial score (nSPS) is 17.5. The topological polar surface area (TPSA) is 76.0 Å². The van der Waals surface area contributed by atoms with Crippen LogP contribution in [0.15, 0.2) is 36.5 Å². The molecule has 0 radical (unpaired) electrons. The van der Waals surface area contributed by atoms with E-state index < -0.39 is 5.60 Å². The number of amides is 2. The lowest BCUT2D eigenvalue weighted by Crippen LogP contribution is -2.42. The Labute approximate surface area is 201 Å². The summed E-state index contributed by atoms with van der Waals surface area (Å²) in [5, 5.41) is 3.09. The van der Waals surface area contributed by atoms with Crippen LogP contribution in [0.1, 0.15) is 55.7 Å². The van der Waals surface area contributed by atoms with Gasteiger partial charge >= 0.3 is 6.09 Å². The van der Waals surface area contributed by atoms with Crippen LogP contribution in [0.4, 0.5) is 16.2 Å². The Kier molecular flexibility index (Phi) is 7.16. The lowest BCUT2D eigenvalue weighted by molar-refractivity contribution is 0.0187. The summed E-state index contributed by atoms with van der Waals surface area (Å²) >= 11 is 0. The maximum absolute atomic E-state index is 13.2. The quantitative estimate of drug-likeness (QED) is 0.717. The van der Waals surface area contributed by atoms with Crippen molar-refractivity contribution < 1.29 is 19.1 Å². The standard InChI is InChI=1S/C26H36N4O4/c1-19-18-21(28-14-16-33-17-15-28)7-8-22(19)27-24(31)23-6-5-11-30(23)20-9-12-29(13-10-20)25(32)34-26(2,3)4/h5-8,11,18,20H,9-10,12-17H2,1-4H3,(H,27,31). The molecule has 2 amide bonds. The van der Waals surface area contributed by atoms with Crippen molar-refractivity contribution in [3.8, 4) is 0 Å². The molecule has 2 saturated heterocycles. The number of morpholine rings is 1. The Morgan fingerprint density at radius 2 is 1.76 bits per heavy atom. The number of anilines is 2. The molecule has 8 nitrogen and oxygen atoms in total. The number of nitrogens with one attached hydrogen (secondary N) is 1. The lowest BCUT2D eigenvalue weighted by Gasteiger charge is -2.34. The SMILES string of the molecule is Cc1cc(N2CCOCC2)ccc1NC(=O)c1cccn1C1CCN(C(=O)OC(C)(C)C)CC1. The predicted octanol–water partition coefficient (Wildman–Crippen LogP) is 4.46.